The summed E-state index contributed by atoms with van der Waals surface area (Å²) in [4.78, 5) is 34.5. The van der Waals surface area contributed by atoms with Gasteiger partial charge in [-0.1, -0.05) is 30.3 Å². The number of ether oxygens (including phenoxy) is 1. The number of carbonyl (C=O) groups is 2. The molecule has 0 N–H and O–H groups in total. The molecule has 2 amide bonds. The van der Waals surface area contributed by atoms with Crippen LogP contribution in [-0.4, -0.2) is 41.9 Å². The van der Waals surface area contributed by atoms with Crippen molar-refractivity contribution in [3.8, 4) is 5.75 Å². The Morgan fingerprint density at radius 3 is 2.22 bits per heavy atom. The molecule has 0 saturated carbocycles. The van der Waals surface area contributed by atoms with Gasteiger partial charge in [0.2, 0.25) is 0 Å². The van der Waals surface area contributed by atoms with Gasteiger partial charge in [0.05, 0.1) is 18.4 Å². The molecule has 0 aliphatic carbocycles. The molecule has 0 spiro atoms. The summed E-state index contributed by atoms with van der Waals surface area (Å²) in [5.74, 6) is 0.0740. The van der Waals surface area contributed by atoms with Gasteiger partial charge in [0.1, 0.15) is 11.4 Å². The molecule has 2 aromatic carbocycles. The number of benzene rings is 2. The van der Waals surface area contributed by atoms with Crippen molar-refractivity contribution in [1.29, 1.82) is 0 Å². The maximum absolute atomic E-state index is 13.6. The van der Waals surface area contributed by atoms with E-state index in [4.69, 9.17) is 4.74 Å². The third kappa shape index (κ3) is 4.12. The average molecular weight is 428 g/mol. The SMILES string of the molecule is CCN(CCc1ccncc1)C1=C(c2ccc(OC)cc2)C(=O)N(c2ccccc2)C1=O. The van der Waals surface area contributed by atoms with Crippen molar-refractivity contribution >= 4 is 23.1 Å². The lowest BCUT2D eigenvalue weighted by Gasteiger charge is -2.25. The molecule has 0 fully saturated rings. The summed E-state index contributed by atoms with van der Waals surface area (Å²) < 4.78 is 5.26. The Morgan fingerprint density at radius 2 is 1.59 bits per heavy atom. The third-order valence-electron chi connectivity index (χ3n) is 5.57. The number of pyridine rings is 1. The predicted molar refractivity (Wildman–Crippen MR) is 124 cm³/mol. The molecule has 0 saturated heterocycles. The van der Waals surface area contributed by atoms with Crippen LogP contribution in [0.4, 0.5) is 5.69 Å². The summed E-state index contributed by atoms with van der Waals surface area (Å²) in [6.07, 6.45) is 4.26. The van der Waals surface area contributed by atoms with E-state index >= 15 is 0 Å². The first-order valence-electron chi connectivity index (χ1n) is 10.6. The number of nitrogens with zero attached hydrogens (tertiary/aromatic N) is 3. The summed E-state index contributed by atoms with van der Waals surface area (Å²) in [7, 11) is 1.60. The van der Waals surface area contributed by atoms with Crippen LogP contribution in [0.2, 0.25) is 0 Å². The van der Waals surface area contributed by atoms with Crippen LogP contribution < -0.4 is 9.64 Å². The Labute approximate surface area is 187 Å². The molecule has 0 radical (unpaired) electrons. The molecular weight excluding hydrogens is 402 g/mol. The van der Waals surface area contributed by atoms with Gasteiger partial charge in [0, 0.05) is 25.5 Å². The maximum Gasteiger partial charge on any atom is 0.282 e. The molecule has 3 aromatic rings. The largest absolute Gasteiger partial charge is 0.497 e. The second-order valence-corrected chi connectivity index (χ2v) is 7.42. The molecule has 2 heterocycles. The topological polar surface area (TPSA) is 62.7 Å². The first kappa shape index (κ1) is 21.3. The van der Waals surface area contributed by atoms with Gasteiger partial charge >= 0.3 is 0 Å². The van der Waals surface area contributed by atoms with Gasteiger partial charge in [0.25, 0.3) is 11.8 Å². The quantitative estimate of drug-likeness (QED) is 0.510. The fraction of sp³-hybridized carbons (Fsp3) is 0.192. The zero-order valence-corrected chi connectivity index (χ0v) is 18.2. The average Bonchev–Trinajstić information content (AvgIpc) is 3.10. The van der Waals surface area contributed by atoms with Crippen molar-refractivity contribution < 1.29 is 14.3 Å². The number of amides is 2. The van der Waals surface area contributed by atoms with Gasteiger partial charge in [-0.15, -0.1) is 0 Å². The van der Waals surface area contributed by atoms with Gasteiger partial charge < -0.3 is 9.64 Å². The fourth-order valence-electron chi connectivity index (χ4n) is 3.88. The molecule has 0 bridgehead atoms. The van der Waals surface area contributed by atoms with E-state index in [-0.39, 0.29) is 11.8 Å². The van der Waals surface area contributed by atoms with Crippen LogP contribution in [0.5, 0.6) is 5.75 Å². The lowest BCUT2D eigenvalue weighted by Crippen LogP contribution is -2.36. The lowest BCUT2D eigenvalue weighted by atomic mass is 10.0. The summed E-state index contributed by atoms with van der Waals surface area (Å²) in [5, 5.41) is 0. The summed E-state index contributed by atoms with van der Waals surface area (Å²) in [6, 6.07) is 20.2. The van der Waals surface area contributed by atoms with Gasteiger partial charge in [-0.2, -0.15) is 0 Å². The summed E-state index contributed by atoms with van der Waals surface area (Å²) in [6.45, 7) is 3.20. The smallest absolute Gasteiger partial charge is 0.282 e. The Bertz CT molecular complexity index is 1130. The first-order valence-corrected chi connectivity index (χ1v) is 10.6. The van der Waals surface area contributed by atoms with Crippen molar-refractivity contribution in [2.45, 2.75) is 13.3 Å². The number of imide groups is 1. The van der Waals surface area contributed by atoms with E-state index in [2.05, 4.69) is 4.98 Å². The maximum atomic E-state index is 13.6. The highest BCUT2D eigenvalue weighted by atomic mass is 16.5. The Balaban J connectivity index is 1.75. The molecule has 162 valence electrons. The van der Waals surface area contributed by atoms with Crippen LogP contribution >= 0.6 is 0 Å². The number of para-hydroxylation sites is 1. The van der Waals surface area contributed by atoms with Crippen LogP contribution in [0, 0.1) is 0 Å². The number of hydrogen-bond donors (Lipinski definition) is 0. The van der Waals surface area contributed by atoms with E-state index in [0.29, 0.717) is 41.4 Å². The molecule has 1 aliphatic heterocycles. The zero-order valence-electron chi connectivity index (χ0n) is 18.2. The van der Waals surface area contributed by atoms with E-state index in [0.717, 1.165) is 12.0 Å². The third-order valence-corrected chi connectivity index (χ3v) is 5.57. The predicted octanol–water partition coefficient (Wildman–Crippen LogP) is 3.94. The molecule has 1 aromatic heterocycles. The number of carbonyl (C=O) groups excluding carboxylic acids is 2. The van der Waals surface area contributed by atoms with E-state index in [1.54, 1.807) is 43.8 Å². The molecule has 0 unspecified atom stereocenters. The molecule has 6 nitrogen and oxygen atoms in total. The molecule has 0 atom stereocenters. The summed E-state index contributed by atoms with van der Waals surface area (Å²) in [5.41, 5.74) is 3.23. The second-order valence-electron chi connectivity index (χ2n) is 7.42. The fourth-order valence-corrected chi connectivity index (χ4v) is 3.88. The van der Waals surface area contributed by atoms with E-state index in [1.807, 2.05) is 54.3 Å². The van der Waals surface area contributed by atoms with Crippen LogP contribution in [-0.2, 0) is 16.0 Å². The number of rotatable bonds is 8. The highest BCUT2D eigenvalue weighted by Crippen LogP contribution is 2.35. The highest BCUT2D eigenvalue weighted by molar-refractivity contribution is 6.45. The number of likely N-dealkylation sites (N-methyl/N-ethyl adjacent to an activating group) is 1. The molecular formula is C26H25N3O3. The van der Waals surface area contributed by atoms with E-state index < -0.39 is 0 Å². The van der Waals surface area contributed by atoms with Crippen LogP contribution in [0.15, 0.2) is 84.8 Å². The lowest BCUT2D eigenvalue weighted by molar-refractivity contribution is -0.120. The van der Waals surface area contributed by atoms with Gasteiger partial charge in [-0.25, -0.2) is 4.90 Å². The zero-order chi connectivity index (χ0) is 22.5. The van der Waals surface area contributed by atoms with Gasteiger partial charge in [0.15, 0.2) is 0 Å². The monoisotopic (exact) mass is 427 g/mol. The molecule has 4 rings (SSSR count). The number of anilines is 1. The van der Waals surface area contributed by atoms with E-state index in [1.165, 1.54) is 4.90 Å². The van der Waals surface area contributed by atoms with Crippen LogP contribution in [0.25, 0.3) is 5.57 Å². The Kier molecular flexibility index (Phi) is 6.31. The van der Waals surface area contributed by atoms with Crippen molar-refractivity contribution in [2.24, 2.45) is 0 Å². The summed E-state index contributed by atoms with van der Waals surface area (Å²) >= 11 is 0. The number of hydrogen-bond acceptors (Lipinski definition) is 5. The van der Waals surface area contributed by atoms with Crippen molar-refractivity contribution in [3.05, 3.63) is 95.9 Å². The number of aromatic nitrogens is 1. The van der Waals surface area contributed by atoms with Crippen LogP contribution in [0.1, 0.15) is 18.1 Å². The normalized spacial score (nSPS) is 13.6. The minimum absolute atomic E-state index is 0.302. The minimum atomic E-state index is -0.316. The molecule has 6 heteroatoms. The van der Waals surface area contributed by atoms with E-state index in [9.17, 15) is 9.59 Å². The molecule has 32 heavy (non-hydrogen) atoms. The second kappa shape index (κ2) is 9.47. The van der Waals surface area contributed by atoms with Crippen molar-refractivity contribution in [1.82, 2.24) is 9.88 Å². The standard InChI is InChI=1S/C26H25N3O3/c1-3-28(18-15-19-13-16-27-17-14-19)24-23(20-9-11-22(32-2)12-10-20)25(30)29(26(24)31)21-7-5-4-6-8-21/h4-14,16-17H,3,15,18H2,1-2H3. The Hall–Kier alpha value is -3.93. The van der Waals surface area contributed by atoms with Crippen molar-refractivity contribution in [2.75, 3.05) is 25.1 Å². The highest BCUT2D eigenvalue weighted by Gasteiger charge is 2.42. The van der Waals surface area contributed by atoms with Gasteiger partial charge in [-0.3, -0.25) is 14.6 Å². The number of methoxy groups -OCH3 is 1. The minimum Gasteiger partial charge on any atom is -0.497 e. The Morgan fingerprint density at radius 1 is 0.906 bits per heavy atom. The van der Waals surface area contributed by atoms with Crippen LogP contribution in [0.3, 0.4) is 0 Å². The first-order chi connectivity index (χ1) is 15.6. The van der Waals surface area contributed by atoms with Gasteiger partial charge in [-0.05, 0) is 60.9 Å². The molecule has 1 aliphatic rings. The van der Waals surface area contributed by atoms with Crippen molar-refractivity contribution in [3.63, 3.8) is 0 Å².